The molecular formula is C12H14BrN3. The van der Waals surface area contributed by atoms with Crippen molar-refractivity contribution in [3.63, 3.8) is 0 Å². The first kappa shape index (κ1) is 11.4. The van der Waals surface area contributed by atoms with Crippen molar-refractivity contribution < 1.29 is 0 Å². The van der Waals surface area contributed by atoms with Gasteiger partial charge < -0.3 is 4.90 Å². The van der Waals surface area contributed by atoms with Crippen molar-refractivity contribution in [3.8, 4) is 6.07 Å². The summed E-state index contributed by atoms with van der Waals surface area (Å²) in [5.41, 5.74) is 0.602. The highest BCUT2D eigenvalue weighted by Crippen LogP contribution is 2.26. The monoisotopic (exact) mass is 279 g/mol. The van der Waals surface area contributed by atoms with E-state index in [2.05, 4.69) is 31.9 Å². The molecule has 0 aliphatic carbocycles. The molecule has 1 aliphatic rings. The number of anilines is 1. The Balaban J connectivity index is 2.22. The molecule has 1 aromatic rings. The van der Waals surface area contributed by atoms with Crippen LogP contribution in [-0.2, 0) is 0 Å². The fourth-order valence-corrected chi connectivity index (χ4v) is 2.61. The van der Waals surface area contributed by atoms with Gasteiger partial charge in [-0.05, 0) is 34.8 Å². The largest absolute Gasteiger partial charge is 0.356 e. The lowest BCUT2D eigenvalue weighted by atomic mass is 10.2. The second-order valence-corrected chi connectivity index (χ2v) is 4.90. The van der Waals surface area contributed by atoms with Crippen molar-refractivity contribution in [2.75, 3.05) is 18.0 Å². The first-order chi connectivity index (χ1) is 7.81. The molecule has 2 rings (SSSR count). The first-order valence-corrected chi connectivity index (χ1v) is 6.41. The fourth-order valence-electron chi connectivity index (χ4n) is 2.01. The minimum absolute atomic E-state index is 0.602. The number of nitriles is 1. The van der Waals surface area contributed by atoms with Crippen molar-refractivity contribution in [1.29, 1.82) is 5.26 Å². The zero-order valence-corrected chi connectivity index (χ0v) is 10.7. The molecule has 1 fully saturated rings. The Hall–Kier alpha value is -1.08. The van der Waals surface area contributed by atoms with Crippen LogP contribution in [0.2, 0.25) is 0 Å². The lowest BCUT2D eigenvalue weighted by Gasteiger charge is -2.22. The van der Waals surface area contributed by atoms with E-state index in [9.17, 15) is 0 Å². The van der Waals surface area contributed by atoms with Crippen LogP contribution in [0, 0.1) is 11.3 Å². The van der Waals surface area contributed by atoms with Gasteiger partial charge in [0.25, 0.3) is 0 Å². The van der Waals surface area contributed by atoms with Crippen LogP contribution in [0.5, 0.6) is 0 Å². The zero-order valence-electron chi connectivity index (χ0n) is 9.12. The van der Waals surface area contributed by atoms with E-state index in [0.717, 1.165) is 23.4 Å². The maximum atomic E-state index is 8.78. The van der Waals surface area contributed by atoms with Crippen LogP contribution in [0.1, 0.15) is 31.2 Å². The summed E-state index contributed by atoms with van der Waals surface area (Å²) in [6.07, 6.45) is 6.72. The van der Waals surface area contributed by atoms with E-state index in [1.165, 1.54) is 25.7 Å². The van der Waals surface area contributed by atoms with E-state index in [0.29, 0.717) is 5.56 Å². The third kappa shape index (κ3) is 2.53. The fraction of sp³-hybridized carbons (Fsp3) is 0.500. The van der Waals surface area contributed by atoms with Crippen molar-refractivity contribution >= 4 is 21.7 Å². The Labute approximate surface area is 104 Å². The number of hydrogen-bond acceptors (Lipinski definition) is 3. The van der Waals surface area contributed by atoms with Crippen molar-refractivity contribution in [2.45, 2.75) is 25.7 Å². The average Bonchev–Trinajstić information content (AvgIpc) is 2.57. The Morgan fingerprint density at radius 3 is 2.50 bits per heavy atom. The van der Waals surface area contributed by atoms with Gasteiger partial charge in [-0.1, -0.05) is 12.8 Å². The predicted octanol–water partition coefficient (Wildman–Crippen LogP) is 3.10. The topological polar surface area (TPSA) is 39.9 Å². The molecule has 4 heteroatoms. The summed E-state index contributed by atoms with van der Waals surface area (Å²) in [5, 5.41) is 8.78. The minimum Gasteiger partial charge on any atom is -0.356 e. The highest BCUT2D eigenvalue weighted by molar-refractivity contribution is 9.10. The molecule has 2 heterocycles. The first-order valence-electron chi connectivity index (χ1n) is 5.62. The third-order valence-corrected chi connectivity index (χ3v) is 3.44. The third-order valence-electron chi connectivity index (χ3n) is 2.86. The van der Waals surface area contributed by atoms with Crippen LogP contribution in [-0.4, -0.2) is 18.1 Å². The molecule has 1 aromatic heterocycles. The number of hydrogen-bond donors (Lipinski definition) is 0. The Morgan fingerprint density at radius 1 is 1.25 bits per heavy atom. The smallest absolute Gasteiger partial charge is 0.142 e. The molecule has 1 saturated heterocycles. The van der Waals surface area contributed by atoms with E-state index in [4.69, 9.17) is 5.26 Å². The van der Waals surface area contributed by atoms with E-state index < -0.39 is 0 Å². The molecule has 0 spiro atoms. The maximum Gasteiger partial charge on any atom is 0.142 e. The van der Waals surface area contributed by atoms with Gasteiger partial charge in [0.2, 0.25) is 0 Å². The van der Waals surface area contributed by atoms with Gasteiger partial charge in [0, 0.05) is 19.3 Å². The predicted molar refractivity (Wildman–Crippen MR) is 67.3 cm³/mol. The van der Waals surface area contributed by atoms with Crippen molar-refractivity contribution in [3.05, 3.63) is 22.3 Å². The normalized spacial score (nSPS) is 16.6. The summed E-state index contributed by atoms with van der Waals surface area (Å²) < 4.78 is 0.924. The Bertz CT molecular complexity index is 403. The van der Waals surface area contributed by atoms with E-state index in [1.807, 2.05) is 6.07 Å². The van der Waals surface area contributed by atoms with Crippen LogP contribution < -0.4 is 4.90 Å². The van der Waals surface area contributed by atoms with Crippen LogP contribution >= 0.6 is 15.9 Å². The van der Waals surface area contributed by atoms with Gasteiger partial charge in [-0.3, -0.25) is 0 Å². The van der Waals surface area contributed by atoms with Gasteiger partial charge in [0.05, 0.1) is 10.0 Å². The molecule has 0 radical (unpaired) electrons. The van der Waals surface area contributed by atoms with Gasteiger partial charge in [-0.15, -0.1) is 0 Å². The summed E-state index contributed by atoms with van der Waals surface area (Å²) in [6.45, 7) is 2.13. The molecule has 84 valence electrons. The Kier molecular flexibility index (Phi) is 3.79. The number of halogens is 1. The van der Waals surface area contributed by atoms with Crippen LogP contribution in [0.3, 0.4) is 0 Å². The van der Waals surface area contributed by atoms with Gasteiger partial charge >= 0.3 is 0 Å². The van der Waals surface area contributed by atoms with Crippen molar-refractivity contribution in [1.82, 2.24) is 4.98 Å². The van der Waals surface area contributed by atoms with Crippen LogP contribution in [0.15, 0.2) is 16.7 Å². The number of pyridine rings is 1. The molecule has 0 unspecified atom stereocenters. The lowest BCUT2D eigenvalue weighted by molar-refractivity contribution is 0.726. The molecule has 0 amide bonds. The lowest BCUT2D eigenvalue weighted by Crippen LogP contribution is -2.25. The Morgan fingerprint density at radius 2 is 1.94 bits per heavy atom. The zero-order chi connectivity index (χ0) is 11.4. The SMILES string of the molecule is N#Cc1cnc(N2CCCCCC2)c(Br)c1. The highest BCUT2D eigenvalue weighted by Gasteiger charge is 2.14. The average molecular weight is 280 g/mol. The minimum atomic E-state index is 0.602. The summed E-state index contributed by atoms with van der Waals surface area (Å²) in [5.74, 6) is 0.973. The maximum absolute atomic E-state index is 8.78. The molecule has 0 aromatic carbocycles. The second kappa shape index (κ2) is 5.31. The standard InChI is InChI=1S/C12H14BrN3/c13-11-7-10(8-14)9-15-12(11)16-5-3-1-2-4-6-16/h7,9H,1-6H2. The molecule has 0 bridgehead atoms. The number of nitrogens with zero attached hydrogens (tertiary/aromatic N) is 3. The van der Waals surface area contributed by atoms with Crippen LogP contribution in [0.4, 0.5) is 5.82 Å². The van der Waals surface area contributed by atoms with E-state index >= 15 is 0 Å². The molecule has 3 nitrogen and oxygen atoms in total. The second-order valence-electron chi connectivity index (χ2n) is 4.04. The molecular weight excluding hydrogens is 266 g/mol. The van der Waals surface area contributed by atoms with Gasteiger partial charge in [-0.2, -0.15) is 5.26 Å². The van der Waals surface area contributed by atoms with Gasteiger partial charge in [0.15, 0.2) is 0 Å². The quantitative estimate of drug-likeness (QED) is 0.793. The molecule has 16 heavy (non-hydrogen) atoms. The molecule has 0 saturated carbocycles. The van der Waals surface area contributed by atoms with Crippen molar-refractivity contribution in [2.24, 2.45) is 0 Å². The number of rotatable bonds is 1. The van der Waals surface area contributed by atoms with Crippen LogP contribution in [0.25, 0.3) is 0 Å². The number of aromatic nitrogens is 1. The molecule has 0 N–H and O–H groups in total. The summed E-state index contributed by atoms with van der Waals surface area (Å²) in [4.78, 5) is 6.67. The van der Waals surface area contributed by atoms with Gasteiger partial charge in [0.1, 0.15) is 11.9 Å². The summed E-state index contributed by atoms with van der Waals surface area (Å²) in [6, 6.07) is 3.94. The van der Waals surface area contributed by atoms with Gasteiger partial charge in [-0.25, -0.2) is 4.98 Å². The van der Waals surface area contributed by atoms with E-state index in [1.54, 1.807) is 6.20 Å². The summed E-state index contributed by atoms with van der Waals surface area (Å²) in [7, 11) is 0. The highest BCUT2D eigenvalue weighted by atomic mass is 79.9. The van der Waals surface area contributed by atoms with E-state index in [-0.39, 0.29) is 0 Å². The molecule has 0 atom stereocenters. The molecule has 1 aliphatic heterocycles. The summed E-state index contributed by atoms with van der Waals surface area (Å²) >= 11 is 3.49.